The molecule has 0 bridgehead atoms. The Morgan fingerprint density at radius 3 is 2.83 bits per heavy atom. The minimum atomic E-state index is 0.148. The first-order valence-corrected chi connectivity index (χ1v) is 9.86. The van der Waals surface area contributed by atoms with E-state index in [0.29, 0.717) is 11.9 Å². The molecular formula is C20H23NO2S. The van der Waals surface area contributed by atoms with E-state index >= 15 is 0 Å². The van der Waals surface area contributed by atoms with E-state index in [1.54, 1.807) is 7.11 Å². The number of ether oxygens (including phenoxy) is 1. The molecule has 0 radical (unpaired) electrons. The topological polar surface area (TPSA) is 39.2 Å². The van der Waals surface area contributed by atoms with Crippen LogP contribution < -0.4 is 0 Å². The third kappa shape index (κ3) is 3.09. The molecule has 0 spiro atoms. The SMILES string of the molecule is COC1CCC(C(=O)c2ccc3nc4c(cc3c2)CCCS4)CC1. The lowest BCUT2D eigenvalue weighted by Gasteiger charge is -2.26. The Labute approximate surface area is 147 Å². The van der Waals surface area contributed by atoms with Crippen molar-refractivity contribution >= 4 is 28.4 Å². The fourth-order valence-electron chi connectivity index (χ4n) is 3.89. The molecule has 0 saturated heterocycles. The first-order valence-electron chi connectivity index (χ1n) is 8.88. The van der Waals surface area contributed by atoms with Crippen LogP contribution in [0.15, 0.2) is 29.3 Å². The summed E-state index contributed by atoms with van der Waals surface area (Å²) in [7, 11) is 1.77. The average Bonchev–Trinajstić information content (AvgIpc) is 2.65. The molecule has 1 aliphatic carbocycles. The summed E-state index contributed by atoms with van der Waals surface area (Å²) in [6, 6.07) is 8.26. The number of methoxy groups -OCH3 is 1. The lowest BCUT2D eigenvalue weighted by atomic mass is 9.82. The van der Waals surface area contributed by atoms with Crippen LogP contribution in [0.2, 0.25) is 0 Å². The molecule has 0 unspecified atom stereocenters. The van der Waals surface area contributed by atoms with Crippen LogP contribution in [0.5, 0.6) is 0 Å². The molecular weight excluding hydrogens is 318 g/mol. The van der Waals surface area contributed by atoms with Crippen molar-refractivity contribution in [1.29, 1.82) is 0 Å². The maximum Gasteiger partial charge on any atom is 0.165 e. The second-order valence-corrected chi connectivity index (χ2v) is 7.97. The van der Waals surface area contributed by atoms with Crippen LogP contribution in [0.3, 0.4) is 0 Å². The van der Waals surface area contributed by atoms with Gasteiger partial charge in [-0.2, -0.15) is 0 Å². The van der Waals surface area contributed by atoms with E-state index < -0.39 is 0 Å². The van der Waals surface area contributed by atoms with Crippen LogP contribution in [0.4, 0.5) is 0 Å². The molecule has 1 aromatic heterocycles. The van der Waals surface area contributed by atoms with Gasteiger partial charge in [0.25, 0.3) is 0 Å². The van der Waals surface area contributed by atoms with Crippen LogP contribution in [-0.2, 0) is 11.2 Å². The molecule has 0 amide bonds. The number of thioether (sulfide) groups is 1. The molecule has 2 heterocycles. The zero-order valence-electron chi connectivity index (χ0n) is 14.1. The minimum absolute atomic E-state index is 0.148. The first kappa shape index (κ1) is 16.1. The van der Waals surface area contributed by atoms with Gasteiger partial charge in [0, 0.05) is 24.0 Å². The normalized spacial score (nSPS) is 23.9. The highest BCUT2D eigenvalue weighted by molar-refractivity contribution is 7.99. The van der Waals surface area contributed by atoms with Gasteiger partial charge in [-0.05, 0) is 74.1 Å². The van der Waals surface area contributed by atoms with Crippen molar-refractivity contribution in [2.24, 2.45) is 5.92 Å². The second kappa shape index (κ2) is 6.85. The Bertz CT molecular complexity index is 766. The Kier molecular flexibility index (Phi) is 4.59. The zero-order valence-corrected chi connectivity index (χ0v) is 14.9. The summed E-state index contributed by atoms with van der Waals surface area (Å²) in [4.78, 5) is 17.6. The summed E-state index contributed by atoms with van der Waals surface area (Å²) >= 11 is 1.85. The molecule has 126 valence electrons. The van der Waals surface area contributed by atoms with Gasteiger partial charge in [-0.3, -0.25) is 4.79 Å². The fourth-order valence-corrected chi connectivity index (χ4v) is 4.88. The molecule has 2 aliphatic rings. The largest absolute Gasteiger partial charge is 0.381 e. The van der Waals surface area contributed by atoms with Crippen molar-refractivity contribution in [3.05, 3.63) is 35.4 Å². The lowest BCUT2D eigenvalue weighted by molar-refractivity contribution is 0.0519. The summed E-state index contributed by atoms with van der Waals surface area (Å²) in [6.07, 6.45) is 6.51. The minimum Gasteiger partial charge on any atom is -0.381 e. The monoisotopic (exact) mass is 341 g/mol. The number of benzene rings is 1. The molecule has 0 N–H and O–H groups in total. The van der Waals surface area contributed by atoms with E-state index in [-0.39, 0.29) is 5.92 Å². The van der Waals surface area contributed by atoms with Gasteiger partial charge in [0.1, 0.15) is 0 Å². The fraction of sp³-hybridized carbons (Fsp3) is 0.500. The van der Waals surface area contributed by atoms with Gasteiger partial charge in [-0.25, -0.2) is 4.98 Å². The van der Waals surface area contributed by atoms with Gasteiger partial charge in [0.05, 0.1) is 16.6 Å². The van der Waals surface area contributed by atoms with E-state index in [4.69, 9.17) is 9.72 Å². The smallest absolute Gasteiger partial charge is 0.165 e. The van der Waals surface area contributed by atoms with Crippen molar-refractivity contribution in [2.45, 2.75) is 49.7 Å². The van der Waals surface area contributed by atoms with Crippen molar-refractivity contribution in [2.75, 3.05) is 12.9 Å². The maximum atomic E-state index is 12.9. The van der Waals surface area contributed by atoms with E-state index in [1.807, 2.05) is 30.0 Å². The van der Waals surface area contributed by atoms with Gasteiger partial charge >= 0.3 is 0 Å². The van der Waals surface area contributed by atoms with Crippen LogP contribution in [-0.4, -0.2) is 29.7 Å². The third-order valence-electron chi connectivity index (χ3n) is 5.35. The van der Waals surface area contributed by atoms with Gasteiger partial charge in [0.15, 0.2) is 5.78 Å². The number of hydrogen-bond acceptors (Lipinski definition) is 4. The number of rotatable bonds is 3. The maximum absolute atomic E-state index is 12.9. The number of hydrogen-bond donors (Lipinski definition) is 0. The predicted octanol–water partition coefficient (Wildman–Crippen LogP) is 4.66. The summed E-state index contributed by atoms with van der Waals surface area (Å²) in [5, 5.41) is 2.28. The van der Waals surface area contributed by atoms with Crippen LogP contribution in [0, 0.1) is 5.92 Å². The molecule has 1 saturated carbocycles. The highest BCUT2D eigenvalue weighted by Gasteiger charge is 2.27. The Hall–Kier alpha value is -1.39. The van der Waals surface area contributed by atoms with E-state index in [2.05, 4.69) is 6.07 Å². The quantitative estimate of drug-likeness (QED) is 0.761. The molecule has 2 aromatic rings. The summed E-state index contributed by atoms with van der Waals surface area (Å²) < 4.78 is 5.41. The summed E-state index contributed by atoms with van der Waals surface area (Å²) in [6.45, 7) is 0. The van der Waals surface area contributed by atoms with Gasteiger partial charge in [-0.1, -0.05) is 0 Å². The highest BCUT2D eigenvalue weighted by atomic mass is 32.2. The molecule has 4 heteroatoms. The second-order valence-electron chi connectivity index (χ2n) is 6.89. The number of carbonyl (C=O) groups is 1. The summed E-state index contributed by atoms with van der Waals surface area (Å²) in [5.74, 6) is 1.60. The average molecular weight is 341 g/mol. The van der Waals surface area contributed by atoms with Gasteiger partial charge in [-0.15, -0.1) is 11.8 Å². The number of aromatic nitrogens is 1. The predicted molar refractivity (Wildman–Crippen MR) is 97.9 cm³/mol. The number of nitrogens with zero attached hydrogens (tertiary/aromatic N) is 1. The molecule has 0 atom stereocenters. The molecule has 1 aromatic carbocycles. The van der Waals surface area contributed by atoms with Crippen molar-refractivity contribution in [3.8, 4) is 0 Å². The van der Waals surface area contributed by atoms with Crippen LogP contribution in [0.1, 0.15) is 48.0 Å². The molecule has 3 nitrogen and oxygen atoms in total. The van der Waals surface area contributed by atoms with E-state index in [1.165, 1.54) is 17.0 Å². The highest BCUT2D eigenvalue weighted by Crippen LogP contribution is 2.32. The molecule has 1 aliphatic heterocycles. The number of pyridine rings is 1. The first-order chi connectivity index (χ1) is 11.7. The molecule has 24 heavy (non-hydrogen) atoms. The number of Topliss-reactive ketones (excluding diaryl/α,β-unsaturated/α-hetero) is 1. The summed E-state index contributed by atoms with van der Waals surface area (Å²) in [5.41, 5.74) is 3.18. The number of fused-ring (bicyclic) bond motifs is 2. The molecule has 1 fully saturated rings. The van der Waals surface area contributed by atoms with Crippen molar-refractivity contribution in [1.82, 2.24) is 4.98 Å². The number of aryl methyl sites for hydroxylation is 1. The lowest BCUT2D eigenvalue weighted by Crippen LogP contribution is -2.25. The van der Waals surface area contributed by atoms with E-state index in [9.17, 15) is 4.79 Å². The number of ketones is 1. The van der Waals surface area contributed by atoms with Crippen LogP contribution >= 0.6 is 11.8 Å². The van der Waals surface area contributed by atoms with E-state index in [0.717, 1.165) is 54.3 Å². The van der Waals surface area contributed by atoms with Gasteiger partial charge in [0.2, 0.25) is 0 Å². The third-order valence-corrected chi connectivity index (χ3v) is 6.47. The molecule has 4 rings (SSSR count). The Balaban J connectivity index is 1.59. The standard InChI is InChI=1S/C20H23NO2S/c1-23-17-7-4-13(5-8-17)19(22)14-6-9-18-16(11-14)12-15-3-2-10-24-20(15)21-18/h6,9,11-13,17H,2-5,7-8,10H2,1H3. The zero-order chi connectivity index (χ0) is 16.5. The Morgan fingerprint density at radius 2 is 2.04 bits per heavy atom. The van der Waals surface area contributed by atoms with Gasteiger partial charge < -0.3 is 4.74 Å². The number of carbonyl (C=O) groups excluding carboxylic acids is 1. The van der Waals surface area contributed by atoms with Crippen molar-refractivity contribution in [3.63, 3.8) is 0 Å². The van der Waals surface area contributed by atoms with Crippen molar-refractivity contribution < 1.29 is 9.53 Å². The Morgan fingerprint density at radius 1 is 1.21 bits per heavy atom. The van der Waals surface area contributed by atoms with Crippen LogP contribution in [0.25, 0.3) is 10.9 Å².